The van der Waals surface area contributed by atoms with Gasteiger partial charge < -0.3 is 9.64 Å². The fourth-order valence-corrected chi connectivity index (χ4v) is 3.91. The molecule has 0 spiro atoms. The summed E-state index contributed by atoms with van der Waals surface area (Å²) < 4.78 is 43.6. The number of halogens is 3. The maximum Gasteiger partial charge on any atom is 0.416 e. The third kappa shape index (κ3) is 6.74. The summed E-state index contributed by atoms with van der Waals surface area (Å²) in [6, 6.07) is 5.46. The van der Waals surface area contributed by atoms with E-state index in [0.717, 1.165) is 31.1 Å². The first kappa shape index (κ1) is 20.9. The zero-order valence-corrected chi connectivity index (χ0v) is 16.3. The fourth-order valence-electron chi connectivity index (χ4n) is 2.84. The first-order valence-electron chi connectivity index (χ1n) is 8.82. The first-order chi connectivity index (χ1) is 12.0. The molecule has 26 heavy (non-hydrogen) atoms. The number of rotatable bonds is 4. The second-order valence-corrected chi connectivity index (χ2v) is 8.74. The Bertz CT molecular complexity index is 606. The summed E-state index contributed by atoms with van der Waals surface area (Å²) in [7, 11) is 0. The van der Waals surface area contributed by atoms with E-state index >= 15 is 0 Å². The van der Waals surface area contributed by atoms with Crippen LogP contribution in [0.2, 0.25) is 0 Å². The molecule has 0 N–H and O–H groups in total. The van der Waals surface area contributed by atoms with Crippen LogP contribution in [-0.2, 0) is 10.9 Å². The zero-order chi connectivity index (χ0) is 19.4. The fraction of sp³-hybridized carbons (Fsp3) is 0.632. The number of hydrogen-bond acceptors (Lipinski definition) is 3. The van der Waals surface area contributed by atoms with E-state index in [2.05, 4.69) is 0 Å². The molecular weight excluding hydrogens is 363 g/mol. The standard InChI is InChI=1S/C19H26F3NO2S/c1-18(2,3)25-17(24)23-10-7-14(8-11-23)9-12-26-16-6-4-5-15(13-16)19(20,21)22/h4-6,13-14H,7-12H2,1-3H3. The van der Waals surface area contributed by atoms with Crippen LogP contribution in [0.5, 0.6) is 0 Å². The molecule has 3 nitrogen and oxygen atoms in total. The Morgan fingerprint density at radius 2 is 1.88 bits per heavy atom. The Hall–Kier alpha value is -1.37. The Balaban J connectivity index is 1.73. The lowest BCUT2D eigenvalue weighted by atomic mass is 9.95. The van der Waals surface area contributed by atoms with E-state index in [-0.39, 0.29) is 6.09 Å². The highest BCUT2D eigenvalue weighted by Gasteiger charge is 2.30. The van der Waals surface area contributed by atoms with Gasteiger partial charge in [-0.25, -0.2) is 4.79 Å². The van der Waals surface area contributed by atoms with Gasteiger partial charge in [-0.05, 0) is 69.9 Å². The van der Waals surface area contributed by atoms with Crippen LogP contribution in [0.25, 0.3) is 0 Å². The number of amides is 1. The minimum Gasteiger partial charge on any atom is -0.444 e. The molecule has 1 aromatic carbocycles. The van der Waals surface area contributed by atoms with Crippen molar-refractivity contribution in [2.45, 2.75) is 56.7 Å². The quantitative estimate of drug-likeness (QED) is 0.606. The molecule has 0 atom stereocenters. The summed E-state index contributed by atoms with van der Waals surface area (Å²) in [5, 5.41) is 0. The van der Waals surface area contributed by atoms with Crippen LogP contribution in [0.4, 0.5) is 18.0 Å². The molecule has 1 aliphatic heterocycles. The highest BCUT2D eigenvalue weighted by molar-refractivity contribution is 7.99. The number of nitrogens with zero attached hydrogens (tertiary/aromatic N) is 1. The van der Waals surface area contributed by atoms with Gasteiger partial charge in [0, 0.05) is 18.0 Å². The van der Waals surface area contributed by atoms with E-state index in [9.17, 15) is 18.0 Å². The van der Waals surface area contributed by atoms with Crippen molar-refractivity contribution in [2.24, 2.45) is 5.92 Å². The zero-order valence-electron chi connectivity index (χ0n) is 15.4. The van der Waals surface area contributed by atoms with Crippen molar-refractivity contribution < 1.29 is 22.7 Å². The van der Waals surface area contributed by atoms with Gasteiger partial charge in [-0.15, -0.1) is 11.8 Å². The van der Waals surface area contributed by atoms with E-state index in [0.29, 0.717) is 23.9 Å². The smallest absolute Gasteiger partial charge is 0.416 e. The predicted octanol–water partition coefficient (Wildman–Crippen LogP) is 5.83. The molecule has 2 rings (SSSR count). The number of carbonyl (C=O) groups excluding carboxylic acids is 1. The maximum atomic E-state index is 12.7. The largest absolute Gasteiger partial charge is 0.444 e. The van der Waals surface area contributed by atoms with Crippen molar-refractivity contribution >= 4 is 17.9 Å². The number of alkyl halides is 3. The van der Waals surface area contributed by atoms with Crippen molar-refractivity contribution in [2.75, 3.05) is 18.8 Å². The van der Waals surface area contributed by atoms with Crippen molar-refractivity contribution in [1.29, 1.82) is 0 Å². The monoisotopic (exact) mass is 389 g/mol. The Labute approximate surface area is 157 Å². The summed E-state index contributed by atoms with van der Waals surface area (Å²) in [5.41, 5.74) is -1.09. The maximum absolute atomic E-state index is 12.7. The lowest BCUT2D eigenvalue weighted by Gasteiger charge is -2.33. The van der Waals surface area contributed by atoms with Crippen molar-refractivity contribution in [3.8, 4) is 0 Å². The summed E-state index contributed by atoms with van der Waals surface area (Å²) in [6.45, 7) is 6.90. The van der Waals surface area contributed by atoms with Gasteiger partial charge in [0.15, 0.2) is 0 Å². The van der Waals surface area contributed by atoms with Crippen LogP contribution in [0.1, 0.15) is 45.6 Å². The summed E-state index contributed by atoms with van der Waals surface area (Å²) in [6.07, 6.45) is -1.83. The number of ether oxygens (including phenoxy) is 1. The van der Waals surface area contributed by atoms with E-state index < -0.39 is 17.3 Å². The molecule has 146 valence electrons. The summed E-state index contributed by atoms with van der Waals surface area (Å²) in [5.74, 6) is 1.27. The molecule has 1 aromatic rings. The third-order valence-corrected chi connectivity index (χ3v) is 5.25. The van der Waals surface area contributed by atoms with Gasteiger partial charge in [0.1, 0.15) is 5.60 Å². The number of likely N-dealkylation sites (tertiary alicyclic amines) is 1. The van der Waals surface area contributed by atoms with Gasteiger partial charge in [0.2, 0.25) is 0 Å². The molecule has 0 bridgehead atoms. The summed E-state index contributed by atoms with van der Waals surface area (Å²) in [4.78, 5) is 14.4. The molecule has 1 aliphatic rings. The second kappa shape index (κ2) is 8.55. The van der Waals surface area contributed by atoms with Gasteiger partial charge in [0.25, 0.3) is 0 Å². The van der Waals surface area contributed by atoms with Crippen LogP contribution >= 0.6 is 11.8 Å². The van der Waals surface area contributed by atoms with Gasteiger partial charge >= 0.3 is 12.3 Å². The second-order valence-electron chi connectivity index (χ2n) is 7.57. The van der Waals surface area contributed by atoms with Gasteiger partial charge in [-0.1, -0.05) is 6.07 Å². The highest BCUT2D eigenvalue weighted by Crippen LogP contribution is 2.33. The molecule has 7 heteroatoms. The van der Waals surface area contributed by atoms with Crippen molar-refractivity contribution in [1.82, 2.24) is 4.90 Å². The predicted molar refractivity (Wildman–Crippen MR) is 97.3 cm³/mol. The van der Waals surface area contributed by atoms with E-state index in [1.165, 1.54) is 23.9 Å². The molecule has 0 aromatic heterocycles. The molecule has 1 amide bonds. The van der Waals surface area contributed by atoms with Gasteiger partial charge in [-0.2, -0.15) is 13.2 Å². The molecule has 0 unspecified atom stereocenters. The lowest BCUT2D eigenvalue weighted by molar-refractivity contribution is -0.137. The molecule has 1 fully saturated rings. The summed E-state index contributed by atoms with van der Waals surface area (Å²) >= 11 is 1.45. The minimum atomic E-state index is -4.30. The number of carbonyl (C=O) groups is 1. The normalized spacial score (nSPS) is 16.6. The first-order valence-corrected chi connectivity index (χ1v) is 9.81. The average Bonchev–Trinajstić information content (AvgIpc) is 2.53. The van der Waals surface area contributed by atoms with E-state index in [1.807, 2.05) is 20.8 Å². The average molecular weight is 389 g/mol. The molecule has 0 aliphatic carbocycles. The van der Waals surface area contributed by atoms with E-state index in [4.69, 9.17) is 4.74 Å². The number of piperidine rings is 1. The Morgan fingerprint density at radius 3 is 2.46 bits per heavy atom. The topological polar surface area (TPSA) is 29.5 Å². The third-order valence-electron chi connectivity index (χ3n) is 4.22. The van der Waals surface area contributed by atoms with Crippen LogP contribution in [0.3, 0.4) is 0 Å². The highest BCUT2D eigenvalue weighted by atomic mass is 32.2. The molecule has 1 heterocycles. The Kier molecular flexibility index (Phi) is 6.88. The number of thioether (sulfide) groups is 1. The molecule has 0 saturated carbocycles. The van der Waals surface area contributed by atoms with Crippen molar-refractivity contribution in [3.05, 3.63) is 29.8 Å². The molecular formula is C19H26F3NO2S. The SMILES string of the molecule is CC(C)(C)OC(=O)N1CCC(CCSc2cccc(C(F)(F)F)c2)CC1. The van der Waals surface area contributed by atoms with Gasteiger partial charge in [-0.3, -0.25) is 0 Å². The van der Waals surface area contributed by atoms with Crippen LogP contribution in [0, 0.1) is 5.92 Å². The number of benzene rings is 1. The van der Waals surface area contributed by atoms with Crippen molar-refractivity contribution in [3.63, 3.8) is 0 Å². The molecule has 1 saturated heterocycles. The van der Waals surface area contributed by atoms with Gasteiger partial charge in [0.05, 0.1) is 5.56 Å². The van der Waals surface area contributed by atoms with Crippen LogP contribution in [-0.4, -0.2) is 35.4 Å². The van der Waals surface area contributed by atoms with Crippen LogP contribution in [0.15, 0.2) is 29.2 Å². The molecule has 0 radical (unpaired) electrons. The lowest BCUT2D eigenvalue weighted by Crippen LogP contribution is -2.41. The van der Waals surface area contributed by atoms with Crippen LogP contribution < -0.4 is 0 Å². The Morgan fingerprint density at radius 1 is 1.23 bits per heavy atom. The van der Waals surface area contributed by atoms with E-state index in [1.54, 1.807) is 11.0 Å². The number of hydrogen-bond donors (Lipinski definition) is 0. The minimum absolute atomic E-state index is 0.269.